The molecular formula is C13H19FN2S. The van der Waals surface area contributed by atoms with Crippen molar-refractivity contribution in [1.82, 2.24) is 4.90 Å². The van der Waals surface area contributed by atoms with E-state index in [9.17, 15) is 4.39 Å². The highest BCUT2D eigenvalue weighted by atomic mass is 32.2. The van der Waals surface area contributed by atoms with Crippen molar-refractivity contribution in [1.29, 1.82) is 0 Å². The number of nitrogens with zero attached hydrogens (tertiary/aromatic N) is 1. The monoisotopic (exact) mass is 254 g/mol. The normalized spacial score (nSPS) is 19.2. The highest BCUT2D eigenvalue weighted by Crippen LogP contribution is 2.26. The highest BCUT2D eigenvalue weighted by Gasteiger charge is 2.23. The van der Waals surface area contributed by atoms with Gasteiger partial charge in [0, 0.05) is 42.7 Å². The molecule has 0 amide bonds. The van der Waals surface area contributed by atoms with E-state index in [1.807, 2.05) is 24.8 Å². The molecule has 0 aromatic heterocycles. The SMILES string of the molecule is Cc1ccc(F)c(C(CN)N2CCSCC2)c1. The van der Waals surface area contributed by atoms with E-state index in [1.54, 1.807) is 12.1 Å². The van der Waals surface area contributed by atoms with Gasteiger partial charge in [0.15, 0.2) is 0 Å². The molecule has 1 aromatic rings. The molecule has 2 nitrogen and oxygen atoms in total. The van der Waals surface area contributed by atoms with Crippen molar-refractivity contribution in [3.05, 3.63) is 35.1 Å². The van der Waals surface area contributed by atoms with Crippen molar-refractivity contribution in [2.24, 2.45) is 5.73 Å². The Balaban J connectivity index is 2.24. The van der Waals surface area contributed by atoms with Crippen LogP contribution in [0.5, 0.6) is 0 Å². The van der Waals surface area contributed by atoms with Gasteiger partial charge < -0.3 is 5.73 Å². The van der Waals surface area contributed by atoms with Crippen molar-refractivity contribution in [2.75, 3.05) is 31.1 Å². The van der Waals surface area contributed by atoms with E-state index in [4.69, 9.17) is 5.73 Å². The number of hydrogen-bond acceptors (Lipinski definition) is 3. The third kappa shape index (κ3) is 3.00. The Labute approximate surface area is 106 Å². The van der Waals surface area contributed by atoms with Gasteiger partial charge in [0.05, 0.1) is 0 Å². The number of aryl methyl sites for hydroxylation is 1. The zero-order valence-electron chi connectivity index (χ0n) is 10.2. The molecule has 0 spiro atoms. The summed E-state index contributed by atoms with van der Waals surface area (Å²) in [6.45, 7) is 4.47. The van der Waals surface area contributed by atoms with Crippen LogP contribution in [0, 0.1) is 12.7 Å². The molecule has 0 saturated carbocycles. The van der Waals surface area contributed by atoms with Crippen LogP contribution in [0.1, 0.15) is 17.2 Å². The molecule has 1 saturated heterocycles. The average Bonchev–Trinajstić information content (AvgIpc) is 2.36. The van der Waals surface area contributed by atoms with E-state index >= 15 is 0 Å². The minimum atomic E-state index is -0.135. The smallest absolute Gasteiger partial charge is 0.128 e. The maximum absolute atomic E-state index is 13.9. The summed E-state index contributed by atoms with van der Waals surface area (Å²) in [4.78, 5) is 2.30. The van der Waals surface area contributed by atoms with E-state index in [-0.39, 0.29) is 11.9 Å². The Bertz CT molecular complexity index is 378. The lowest BCUT2D eigenvalue weighted by molar-refractivity contribution is 0.218. The summed E-state index contributed by atoms with van der Waals surface area (Å²) in [6.07, 6.45) is 0. The van der Waals surface area contributed by atoms with Crippen LogP contribution in [0.3, 0.4) is 0 Å². The Morgan fingerprint density at radius 1 is 1.41 bits per heavy atom. The molecule has 1 atom stereocenters. The molecule has 1 fully saturated rings. The number of benzene rings is 1. The molecule has 1 aliphatic heterocycles. The first-order valence-electron chi connectivity index (χ1n) is 6.00. The largest absolute Gasteiger partial charge is 0.329 e. The molecule has 1 heterocycles. The predicted molar refractivity (Wildman–Crippen MR) is 71.8 cm³/mol. The van der Waals surface area contributed by atoms with Crippen LogP contribution in [0.2, 0.25) is 0 Å². The molecule has 94 valence electrons. The standard InChI is InChI=1S/C13H19FN2S/c1-10-2-3-12(14)11(8-10)13(9-15)16-4-6-17-7-5-16/h2-3,8,13H,4-7,9,15H2,1H3. The molecule has 4 heteroatoms. The van der Waals surface area contributed by atoms with Crippen LogP contribution in [-0.4, -0.2) is 36.0 Å². The van der Waals surface area contributed by atoms with E-state index in [0.717, 1.165) is 35.7 Å². The number of hydrogen-bond donors (Lipinski definition) is 1. The summed E-state index contributed by atoms with van der Waals surface area (Å²) in [5.74, 6) is 2.10. The summed E-state index contributed by atoms with van der Waals surface area (Å²) < 4.78 is 13.9. The lowest BCUT2D eigenvalue weighted by Crippen LogP contribution is -2.39. The first-order valence-corrected chi connectivity index (χ1v) is 7.15. The molecule has 17 heavy (non-hydrogen) atoms. The van der Waals surface area contributed by atoms with Gasteiger partial charge >= 0.3 is 0 Å². The van der Waals surface area contributed by atoms with Gasteiger partial charge in [-0.15, -0.1) is 0 Å². The first kappa shape index (κ1) is 12.9. The van der Waals surface area contributed by atoms with Crippen LogP contribution in [0.4, 0.5) is 4.39 Å². The van der Waals surface area contributed by atoms with Gasteiger partial charge in [-0.05, 0) is 13.0 Å². The molecule has 0 radical (unpaired) electrons. The quantitative estimate of drug-likeness (QED) is 0.896. The van der Waals surface area contributed by atoms with Crippen LogP contribution >= 0.6 is 11.8 Å². The molecule has 1 aliphatic rings. The van der Waals surface area contributed by atoms with E-state index in [1.165, 1.54) is 0 Å². The number of halogens is 1. The first-order chi connectivity index (χ1) is 8.22. The van der Waals surface area contributed by atoms with E-state index in [2.05, 4.69) is 4.90 Å². The van der Waals surface area contributed by atoms with Crippen molar-refractivity contribution in [3.63, 3.8) is 0 Å². The second-order valence-electron chi connectivity index (χ2n) is 4.42. The van der Waals surface area contributed by atoms with Crippen LogP contribution in [-0.2, 0) is 0 Å². The summed E-state index contributed by atoms with van der Waals surface area (Å²) in [5.41, 5.74) is 7.68. The van der Waals surface area contributed by atoms with Gasteiger partial charge in [0.2, 0.25) is 0 Å². The fraction of sp³-hybridized carbons (Fsp3) is 0.538. The third-order valence-electron chi connectivity index (χ3n) is 3.22. The minimum absolute atomic E-state index is 0.0239. The van der Waals surface area contributed by atoms with Crippen molar-refractivity contribution < 1.29 is 4.39 Å². The van der Waals surface area contributed by atoms with Crippen LogP contribution < -0.4 is 5.73 Å². The lowest BCUT2D eigenvalue weighted by Gasteiger charge is -2.34. The van der Waals surface area contributed by atoms with E-state index < -0.39 is 0 Å². The second-order valence-corrected chi connectivity index (χ2v) is 5.65. The maximum atomic E-state index is 13.9. The highest BCUT2D eigenvalue weighted by molar-refractivity contribution is 7.99. The van der Waals surface area contributed by atoms with E-state index in [0.29, 0.717) is 6.54 Å². The molecule has 2 rings (SSSR count). The topological polar surface area (TPSA) is 29.3 Å². The molecule has 0 bridgehead atoms. The van der Waals surface area contributed by atoms with Crippen LogP contribution in [0.15, 0.2) is 18.2 Å². The van der Waals surface area contributed by atoms with Gasteiger partial charge in [-0.25, -0.2) is 4.39 Å². The van der Waals surface area contributed by atoms with Gasteiger partial charge in [-0.1, -0.05) is 17.7 Å². The van der Waals surface area contributed by atoms with Gasteiger partial charge in [0.25, 0.3) is 0 Å². The zero-order valence-corrected chi connectivity index (χ0v) is 11.0. The lowest BCUT2D eigenvalue weighted by atomic mass is 10.0. The Hall–Kier alpha value is -0.580. The maximum Gasteiger partial charge on any atom is 0.128 e. The van der Waals surface area contributed by atoms with Crippen molar-refractivity contribution in [3.8, 4) is 0 Å². The summed E-state index contributed by atoms with van der Waals surface area (Å²) in [5, 5.41) is 0. The zero-order chi connectivity index (χ0) is 12.3. The van der Waals surface area contributed by atoms with Crippen LogP contribution in [0.25, 0.3) is 0 Å². The van der Waals surface area contributed by atoms with Gasteiger partial charge in [-0.3, -0.25) is 4.90 Å². The number of rotatable bonds is 3. The predicted octanol–water partition coefficient (Wildman–Crippen LogP) is 2.18. The Kier molecular flexibility index (Phi) is 4.42. The summed E-state index contributed by atoms with van der Waals surface area (Å²) in [6, 6.07) is 5.30. The summed E-state index contributed by atoms with van der Waals surface area (Å²) in [7, 11) is 0. The Morgan fingerprint density at radius 2 is 2.12 bits per heavy atom. The minimum Gasteiger partial charge on any atom is -0.329 e. The fourth-order valence-electron chi connectivity index (χ4n) is 2.28. The number of nitrogens with two attached hydrogens (primary N) is 1. The Morgan fingerprint density at radius 3 is 2.76 bits per heavy atom. The molecule has 1 unspecified atom stereocenters. The molecular weight excluding hydrogens is 235 g/mol. The average molecular weight is 254 g/mol. The molecule has 2 N–H and O–H groups in total. The van der Waals surface area contributed by atoms with Gasteiger partial charge in [0.1, 0.15) is 5.82 Å². The van der Waals surface area contributed by atoms with Crippen molar-refractivity contribution >= 4 is 11.8 Å². The third-order valence-corrected chi connectivity index (χ3v) is 4.16. The summed E-state index contributed by atoms with van der Waals surface area (Å²) >= 11 is 1.95. The second kappa shape index (κ2) is 5.85. The fourth-order valence-corrected chi connectivity index (χ4v) is 3.21. The van der Waals surface area contributed by atoms with Gasteiger partial charge in [-0.2, -0.15) is 11.8 Å². The number of thioether (sulfide) groups is 1. The molecule has 0 aliphatic carbocycles. The van der Waals surface area contributed by atoms with Crippen molar-refractivity contribution in [2.45, 2.75) is 13.0 Å². The molecule has 1 aromatic carbocycles.